The Morgan fingerprint density at radius 1 is 0.526 bits per heavy atom. The van der Waals surface area contributed by atoms with Crippen molar-refractivity contribution in [3.8, 4) is 27.9 Å². The van der Waals surface area contributed by atoms with Crippen LogP contribution < -0.4 is 0 Å². The summed E-state index contributed by atoms with van der Waals surface area (Å²) in [5.74, 6) is 0. The zero-order valence-electron chi connectivity index (χ0n) is 20.5. The molecule has 0 spiro atoms. The molecule has 0 saturated carbocycles. The molecule has 3 heterocycles. The Hall–Kier alpha value is -5.15. The maximum Gasteiger partial charge on any atom is 0.153 e. The van der Waals surface area contributed by atoms with Crippen LogP contribution in [0.4, 0.5) is 0 Å². The number of benzene rings is 5. The number of fused-ring (bicyclic) bond motifs is 6. The summed E-state index contributed by atoms with van der Waals surface area (Å²) in [7, 11) is 0. The third-order valence-corrected chi connectivity index (χ3v) is 7.47. The van der Waals surface area contributed by atoms with Gasteiger partial charge in [0.1, 0.15) is 11.1 Å². The van der Waals surface area contributed by atoms with E-state index in [1.165, 1.54) is 21.8 Å². The number of nitrogens with zero attached hydrogens (tertiary/aromatic N) is 2. The molecule has 38 heavy (non-hydrogen) atoms. The molecule has 0 atom stereocenters. The van der Waals surface area contributed by atoms with Crippen LogP contribution in [-0.4, -0.2) is 9.55 Å². The van der Waals surface area contributed by atoms with E-state index in [0.29, 0.717) is 0 Å². The molecule has 0 bridgehead atoms. The Morgan fingerprint density at radius 2 is 1.18 bits per heavy atom. The molecule has 3 aromatic heterocycles. The highest BCUT2D eigenvalue weighted by atomic mass is 16.3. The van der Waals surface area contributed by atoms with Crippen LogP contribution in [0.3, 0.4) is 0 Å². The molecule has 0 unspecified atom stereocenters. The number of aromatic nitrogens is 2. The van der Waals surface area contributed by atoms with Crippen LogP contribution in [0.5, 0.6) is 0 Å². The summed E-state index contributed by atoms with van der Waals surface area (Å²) in [4.78, 5) is 4.58. The van der Waals surface area contributed by atoms with Crippen molar-refractivity contribution in [1.29, 1.82) is 0 Å². The molecule has 8 rings (SSSR count). The predicted octanol–water partition coefficient (Wildman–Crippen LogP) is 9.41. The molecule has 0 aliphatic heterocycles. The number of hydrogen-bond acceptors (Lipinski definition) is 2. The summed E-state index contributed by atoms with van der Waals surface area (Å²) in [5.41, 5.74) is 10.7. The zero-order valence-corrected chi connectivity index (χ0v) is 20.5. The SMILES string of the molecule is c1cc(-c2ccccc2-c2cccc3c2oc2cccnc23)cc(-n2c3ccccc3c3ccccc32)c1. The first-order valence-electron chi connectivity index (χ1n) is 12.8. The molecule has 0 saturated heterocycles. The smallest absolute Gasteiger partial charge is 0.153 e. The van der Waals surface area contributed by atoms with Crippen LogP contribution >= 0.6 is 0 Å². The van der Waals surface area contributed by atoms with Gasteiger partial charge in [0, 0.05) is 33.6 Å². The van der Waals surface area contributed by atoms with Crippen LogP contribution in [-0.2, 0) is 0 Å². The van der Waals surface area contributed by atoms with Crippen LogP contribution in [0.25, 0.3) is 71.8 Å². The lowest BCUT2D eigenvalue weighted by Gasteiger charge is -2.13. The summed E-state index contributed by atoms with van der Waals surface area (Å²) >= 11 is 0. The summed E-state index contributed by atoms with van der Waals surface area (Å²) in [6, 6.07) is 44.9. The van der Waals surface area contributed by atoms with E-state index in [4.69, 9.17) is 4.42 Å². The van der Waals surface area contributed by atoms with Crippen LogP contribution in [0, 0.1) is 0 Å². The lowest BCUT2D eigenvalue weighted by atomic mass is 9.93. The quantitative estimate of drug-likeness (QED) is 0.249. The molecule has 178 valence electrons. The minimum absolute atomic E-state index is 0.806. The van der Waals surface area contributed by atoms with Gasteiger partial charge in [-0.25, -0.2) is 0 Å². The number of pyridine rings is 1. The topological polar surface area (TPSA) is 31.0 Å². The second-order valence-corrected chi connectivity index (χ2v) is 9.60. The van der Waals surface area contributed by atoms with Gasteiger partial charge in [0.05, 0.1) is 11.0 Å². The molecule has 3 nitrogen and oxygen atoms in total. The van der Waals surface area contributed by atoms with E-state index in [-0.39, 0.29) is 0 Å². The van der Waals surface area contributed by atoms with E-state index in [9.17, 15) is 0 Å². The average Bonchev–Trinajstić information content (AvgIpc) is 3.53. The van der Waals surface area contributed by atoms with Crippen molar-refractivity contribution in [2.45, 2.75) is 0 Å². The molecule has 0 aliphatic rings. The molecule has 5 aromatic carbocycles. The fourth-order valence-electron chi connectivity index (χ4n) is 5.81. The minimum Gasteiger partial charge on any atom is -0.454 e. The molecule has 0 amide bonds. The van der Waals surface area contributed by atoms with Crippen molar-refractivity contribution < 1.29 is 4.42 Å². The molecule has 3 heteroatoms. The van der Waals surface area contributed by atoms with Crippen molar-refractivity contribution in [2.75, 3.05) is 0 Å². The molecule has 0 fully saturated rings. The van der Waals surface area contributed by atoms with Gasteiger partial charge in [-0.05, 0) is 59.2 Å². The van der Waals surface area contributed by atoms with Gasteiger partial charge in [0.25, 0.3) is 0 Å². The highest BCUT2D eigenvalue weighted by molar-refractivity contribution is 6.10. The number of furan rings is 1. The van der Waals surface area contributed by atoms with Gasteiger partial charge in [0.15, 0.2) is 5.58 Å². The number of hydrogen-bond donors (Lipinski definition) is 0. The van der Waals surface area contributed by atoms with E-state index in [1.54, 1.807) is 0 Å². The van der Waals surface area contributed by atoms with Crippen molar-refractivity contribution in [2.24, 2.45) is 0 Å². The molecule has 0 N–H and O–H groups in total. The summed E-state index contributed by atoms with van der Waals surface area (Å²) in [6.45, 7) is 0. The Balaban J connectivity index is 1.35. The maximum absolute atomic E-state index is 6.34. The number of para-hydroxylation sites is 3. The monoisotopic (exact) mass is 486 g/mol. The lowest BCUT2D eigenvalue weighted by Crippen LogP contribution is -1.94. The van der Waals surface area contributed by atoms with Gasteiger partial charge in [-0.1, -0.05) is 84.9 Å². The molecule has 0 radical (unpaired) electrons. The van der Waals surface area contributed by atoms with Crippen molar-refractivity contribution >= 4 is 43.9 Å². The largest absolute Gasteiger partial charge is 0.454 e. The highest BCUT2D eigenvalue weighted by Gasteiger charge is 2.17. The average molecular weight is 487 g/mol. The minimum atomic E-state index is 0.806. The molecule has 0 aliphatic carbocycles. The van der Waals surface area contributed by atoms with E-state index >= 15 is 0 Å². The number of rotatable bonds is 3. The normalized spacial score (nSPS) is 11.7. The second kappa shape index (κ2) is 8.19. The zero-order chi connectivity index (χ0) is 25.1. The fourth-order valence-corrected chi connectivity index (χ4v) is 5.81. The lowest BCUT2D eigenvalue weighted by molar-refractivity contribution is 0.669. The van der Waals surface area contributed by atoms with Gasteiger partial charge in [-0.2, -0.15) is 0 Å². The second-order valence-electron chi connectivity index (χ2n) is 9.60. The Labute approximate surface area is 219 Å². The highest BCUT2D eigenvalue weighted by Crippen LogP contribution is 2.40. The van der Waals surface area contributed by atoms with E-state index < -0.39 is 0 Å². The predicted molar refractivity (Wildman–Crippen MR) is 157 cm³/mol. The molecular weight excluding hydrogens is 464 g/mol. The van der Waals surface area contributed by atoms with Crippen molar-refractivity contribution in [1.82, 2.24) is 9.55 Å². The summed E-state index contributed by atoms with van der Waals surface area (Å²) < 4.78 is 8.70. The third kappa shape index (κ3) is 3.06. The molecular formula is C35H22N2O. The maximum atomic E-state index is 6.34. The van der Waals surface area contributed by atoms with Gasteiger partial charge >= 0.3 is 0 Å². The molecule has 8 aromatic rings. The first-order chi connectivity index (χ1) is 18.9. The van der Waals surface area contributed by atoms with Crippen LogP contribution in [0.1, 0.15) is 0 Å². The van der Waals surface area contributed by atoms with E-state index in [2.05, 4.69) is 125 Å². The van der Waals surface area contributed by atoms with Gasteiger partial charge in [0.2, 0.25) is 0 Å². The van der Waals surface area contributed by atoms with E-state index in [0.717, 1.165) is 50.0 Å². The summed E-state index contributed by atoms with van der Waals surface area (Å²) in [6.07, 6.45) is 1.82. The Kier molecular flexibility index (Phi) is 4.52. The Morgan fingerprint density at radius 3 is 2.00 bits per heavy atom. The van der Waals surface area contributed by atoms with Crippen molar-refractivity contribution in [3.63, 3.8) is 0 Å². The van der Waals surface area contributed by atoms with Crippen molar-refractivity contribution in [3.05, 3.63) is 134 Å². The first-order valence-corrected chi connectivity index (χ1v) is 12.8. The standard InChI is InChI=1S/C35H22N2O/c1-2-13-26(29-16-8-17-30-34-33(38-35(29)30)20-9-21-36-34)25(12-1)23-10-7-11-24(22-23)37-31-18-5-3-14-27(31)28-15-4-6-19-32(28)37/h1-22H. The Bertz CT molecular complexity index is 2090. The van der Waals surface area contributed by atoms with Crippen LogP contribution in [0.15, 0.2) is 138 Å². The first kappa shape index (κ1) is 21.0. The van der Waals surface area contributed by atoms with Gasteiger partial charge < -0.3 is 8.98 Å². The summed E-state index contributed by atoms with van der Waals surface area (Å²) in [5, 5.41) is 3.56. The van der Waals surface area contributed by atoms with E-state index in [1.807, 2.05) is 18.3 Å². The van der Waals surface area contributed by atoms with Gasteiger partial charge in [-0.15, -0.1) is 0 Å². The van der Waals surface area contributed by atoms with Crippen LogP contribution in [0.2, 0.25) is 0 Å². The fraction of sp³-hybridized carbons (Fsp3) is 0. The third-order valence-electron chi connectivity index (χ3n) is 7.47. The van der Waals surface area contributed by atoms with Gasteiger partial charge in [-0.3, -0.25) is 4.98 Å².